The van der Waals surface area contributed by atoms with Gasteiger partial charge in [-0.2, -0.15) is 0 Å². The smallest absolute Gasteiger partial charge is 0.411 e. The Balaban J connectivity index is 1.33. The van der Waals surface area contributed by atoms with Crippen molar-refractivity contribution in [2.45, 2.75) is 87.5 Å². The van der Waals surface area contributed by atoms with Gasteiger partial charge in [0.1, 0.15) is 11.6 Å². The summed E-state index contributed by atoms with van der Waals surface area (Å²) in [5.74, 6) is -3.18. The fourth-order valence-electron chi connectivity index (χ4n) is 6.56. The van der Waals surface area contributed by atoms with Gasteiger partial charge in [-0.3, -0.25) is 24.4 Å². The number of carbonyl (C=O) groups is 4. The van der Waals surface area contributed by atoms with Gasteiger partial charge in [-0.25, -0.2) is 13.2 Å². The zero-order valence-electron chi connectivity index (χ0n) is 26.1. The maximum absolute atomic E-state index is 13.9. The van der Waals surface area contributed by atoms with Gasteiger partial charge in [0.15, 0.2) is 0 Å². The highest BCUT2D eigenvalue weighted by atomic mass is 32.2. The van der Waals surface area contributed by atoms with Crippen LogP contribution < -0.4 is 20.3 Å². The van der Waals surface area contributed by atoms with Gasteiger partial charge in [0, 0.05) is 39.1 Å². The molecule has 242 valence electrons. The summed E-state index contributed by atoms with van der Waals surface area (Å²) in [6.07, 6.45) is 4.37. The van der Waals surface area contributed by atoms with E-state index in [4.69, 9.17) is 4.74 Å². The fraction of sp³-hybridized carbons (Fsp3) is 0.677. The van der Waals surface area contributed by atoms with Crippen molar-refractivity contribution in [3.8, 4) is 0 Å². The maximum Gasteiger partial charge on any atom is 0.411 e. The molecule has 4 amide bonds. The highest BCUT2D eigenvalue weighted by Crippen LogP contribution is 2.49. The molecule has 0 unspecified atom stereocenters. The number of amides is 4. The third-order valence-electron chi connectivity index (χ3n) is 9.91. The molecule has 1 saturated heterocycles. The number of nitrogens with zero attached hydrogens (tertiary/aromatic N) is 2. The van der Waals surface area contributed by atoms with Crippen molar-refractivity contribution >= 4 is 45.2 Å². The van der Waals surface area contributed by atoms with E-state index in [1.807, 2.05) is 31.1 Å². The normalized spacial score (nSPS) is 30.1. The molecule has 1 heterocycles. The topological polar surface area (TPSA) is 154 Å². The molecule has 1 aliphatic heterocycles. The largest absolute Gasteiger partial charge is 0.446 e. The minimum Gasteiger partial charge on any atom is -0.446 e. The van der Waals surface area contributed by atoms with E-state index in [2.05, 4.69) is 15.4 Å². The van der Waals surface area contributed by atoms with Crippen LogP contribution in [0.4, 0.5) is 16.2 Å². The molecule has 13 heteroatoms. The number of fused-ring (bicyclic) bond motifs is 2. The predicted molar refractivity (Wildman–Crippen MR) is 165 cm³/mol. The number of nitrogens with one attached hydrogen (secondary N) is 3. The predicted octanol–water partition coefficient (Wildman–Crippen LogP) is 2.99. The highest BCUT2D eigenvalue weighted by molar-refractivity contribution is 7.91. The van der Waals surface area contributed by atoms with E-state index in [0.29, 0.717) is 37.9 Å². The Morgan fingerprint density at radius 1 is 1.07 bits per heavy atom. The molecule has 0 aromatic heterocycles. The van der Waals surface area contributed by atoms with Crippen molar-refractivity contribution in [1.82, 2.24) is 14.9 Å². The van der Waals surface area contributed by atoms with E-state index >= 15 is 0 Å². The van der Waals surface area contributed by atoms with Gasteiger partial charge in [0.25, 0.3) is 5.91 Å². The summed E-state index contributed by atoms with van der Waals surface area (Å²) >= 11 is 0. The van der Waals surface area contributed by atoms with E-state index in [-0.39, 0.29) is 24.7 Å². The van der Waals surface area contributed by atoms with E-state index in [9.17, 15) is 27.6 Å². The monoisotopic (exact) mass is 631 g/mol. The Labute approximate surface area is 259 Å². The molecular formula is C31H45N5O7S. The molecular weight excluding hydrogens is 586 g/mol. The molecule has 44 heavy (non-hydrogen) atoms. The Morgan fingerprint density at radius 2 is 1.77 bits per heavy atom. The van der Waals surface area contributed by atoms with Crippen molar-refractivity contribution in [3.63, 3.8) is 0 Å². The van der Waals surface area contributed by atoms with E-state index < -0.39 is 56.2 Å². The Kier molecular flexibility index (Phi) is 8.90. The number of anilines is 2. The molecule has 0 spiro atoms. The highest BCUT2D eigenvalue weighted by Gasteiger charge is 2.63. The summed E-state index contributed by atoms with van der Waals surface area (Å²) in [5.41, 5.74) is 0.106. The van der Waals surface area contributed by atoms with Crippen LogP contribution in [0.25, 0.3) is 0 Å². The average molecular weight is 632 g/mol. The second-order valence-electron chi connectivity index (χ2n) is 13.5. The van der Waals surface area contributed by atoms with Crippen LogP contribution in [0.15, 0.2) is 24.3 Å². The van der Waals surface area contributed by atoms with Gasteiger partial charge >= 0.3 is 6.09 Å². The zero-order chi connectivity index (χ0) is 31.9. The number of rotatable bonds is 6. The van der Waals surface area contributed by atoms with Crippen LogP contribution in [0.5, 0.6) is 0 Å². The molecule has 0 radical (unpaired) electrons. The first kappa shape index (κ1) is 32.1. The summed E-state index contributed by atoms with van der Waals surface area (Å²) in [6.45, 7) is 2.17. The molecule has 5 rings (SSSR count). The van der Waals surface area contributed by atoms with Gasteiger partial charge in [-0.1, -0.05) is 25.3 Å². The number of carbonyl (C=O) groups excluding carboxylic acids is 4. The number of benzene rings is 1. The van der Waals surface area contributed by atoms with Crippen LogP contribution in [0, 0.1) is 17.8 Å². The minimum absolute atomic E-state index is 0.111. The lowest BCUT2D eigenvalue weighted by Crippen LogP contribution is -2.55. The van der Waals surface area contributed by atoms with Gasteiger partial charge in [-0.05, 0) is 76.0 Å². The van der Waals surface area contributed by atoms with Crippen LogP contribution in [-0.4, -0.2) is 81.2 Å². The summed E-state index contributed by atoms with van der Waals surface area (Å²) in [4.78, 5) is 57.4. The lowest BCUT2D eigenvalue weighted by Gasteiger charge is -2.27. The Bertz CT molecular complexity index is 1410. The third-order valence-corrected chi connectivity index (χ3v) is 12.1. The molecule has 12 nitrogen and oxygen atoms in total. The van der Waals surface area contributed by atoms with Gasteiger partial charge in [-0.15, -0.1) is 0 Å². The van der Waals surface area contributed by atoms with E-state index in [1.54, 1.807) is 31.0 Å². The number of hydrogen-bond acceptors (Lipinski definition) is 8. The van der Waals surface area contributed by atoms with Crippen LogP contribution in [0.3, 0.4) is 0 Å². The first-order chi connectivity index (χ1) is 20.7. The molecule has 1 aromatic carbocycles. The summed E-state index contributed by atoms with van der Waals surface area (Å²) in [5, 5.41) is 5.64. The molecule has 1 aromatic rings. The second kappa shape index (κ2) is 12.2. The molecule has 4 aliphatic rings. The standard InChI is InChI=1S/C31H45N5O7S/c1-30(13-14-30)44(41,42)34-28(39)31-19-20(31)10-7-5-6-8-15-36(4)27(38)25-18-23(17-24(25)26(37)33-31)43-29(40)32-21-11-9-12-22(16-21)35(2)3/h9,11-12,16,20,23-25H,5-8,10,13-15,17-19H2,1-4H3,(H,32,40)(H,33,37)(H,34,39)/t20-,23+,24+,25+,31+/m0/s1. The van der Waals surface area contributed by atoms with Gasteiger partial charge < -0.3 is 19.9 Å². The molecule has 0 bridgehead atoms. The van der Waals surface area contributed by atoms with E-state index in [0.717, 1.165) is 31.4 Å². The first-order valence-electron chi connectivity index (χ1n) is 15.6. The third kappa shape index (κ3) is 6.67. The van der Waals surface area contributed by atoms with Crippen molar-refractivity contribution in [3.05, 3.63) is 24.3 Å². The SMILES string of the molecule is CN1CCCCCC[C@H]2C[C@@]2(C(=O)NS(=O)(=O)C2(C)CC2)NC(=O)[C@@H]2C[C@@H](OC(=O)Nc3cccc(N(C)C)c3)C[C@H]2C1=O. The van der Waals surface area contributed by atoms with Crippen molar-refractivity contribution in [2.75, 3.05) is 37.9 Å². The van der Waals surface area contributed by atoms with Gasteiger partial charge in [0.2, 0.25) is 21.8 Å². The lowest BCUT2D eigenvalue weighted by molar-refractivity contribution is -0.140. The summed E-state index contributed by atoms with van der Waals surface area (Å²) in [7, 11) is 1.61. The lowest BCUT2D eigenvalue weighted by atomic mass is 9.92. The van der Waals surface area contributed by atoms with Crippen LogP contribution in [0.1, 0.15) is 71.1 Å². The first-order valence-corrected chi connectivity index (χ1v) is 17.1. The molecule has 3 saturated carbocycles. The minimum atomic E-state index is -3.89. The molecule has 4 fully saturated rings. The van der Waals surface area contributed by atoms with Gasteiger partial charge in [0.05, 0.1) is 16.6 Å². The summed E-state index contributed by atoms with van der Waals surface area (Å²) in [6, 6.07) is 7.27. The number of sulfonamides is 1. The van der Waals surface area contributed by atoms with Crippen molar-refractivity contribution in [1.29, 1.82) is 0 Å². The molecule has 3 N–H and O–H groups in total. The van der Waals surface area contributed by atoms with Crippen molar-refractivity contribution in [2.24, 2.45) is 17.8 Å². The van der Waals surface area contributed by atoms with Crippen LogP contribution in [0.2, 0.25) is 0 Å². The molecule has 3 aliphatic carbocycles. The maximum atomic E-state index is 13.9. The zero-order valence-corrected chi connectivity index (χ0v) is 26.9. The quantitative estimate of drug-likeness (QED) is 0.433. The van der Waals surface area contributed by atoms with E-state index in [1.165, 1.54) is 0 Å². The van der Waals surface area contributed by atoms with Crippen molar-refractivity contribution < 1.29 is 32.3 Å². The van der Waals surface area contributed by atoms with Crippen LogP contribution >= 0.6 is 0 Å². The second-order valence-corrected chi connectivity index (χ2v) is 15.7. The molecule has 5 atom stereocenters. The Hall–Kier alpha value is -3.35. The van der Waals surface area contributed by atoms with Crippen LogP contribution in [-0.2, 0) is 29.1 Å². The average Bonchev–Trinajstić information content (AvgIpc) is 3.84. The number of ether oxygens (including phenoxy) is 1. The fourth-order valence-corrected chi connectivity index (χ4v) is 7.87. The number of hydrogen-bond donors (Lipinski definition) is 3. The Morgan fingerprint density at radius 3 is 2.48 bits per heavy atom. The summed E-state index contributed by atoms with van der Waals surface area (Å²) < 4.78 is 32.8.